The Kier molecular flexibility index (Phi) is 4.20. The molecule has 0 radical (unpaired) electrons. The number of carboxylic acids is 1. The van der Waals surface area contributed by atoms with E-state index in [9.17, 15) is 18.3 Å². The molecule has 0 bridgehead atoms. The molecule has 26 heavy (non-hydrogen) atoms. The van der Waals surface area contributed by atoms with Crippen LogP contribution in [0.25, 0.3) is 0 Å². The molecule has 0 saturated carbocycles. The first-order valence-corrected chi connectivity index (χ1v) is 10.0. The molecule has 136 valence electrons. The van der Waals surface area contributed by atoms with Gasteiger partial charge in [0.2, 0.25) is 10.0 Å². The standard InChI is InChI=1S/C19H19NO5S/c21-19(22)15-11-16(14-8-2-1-7-13(14)15)20-26(23,24)17-9-3-5-12-6-4-10-25-18(12)17/h1-3,5,7-9,15-16,20H,4,6,10-11H2,(H,21,22). The largest absolute Gasteiger partial charge is 0.492 e. The number of benzene rings is 2. The summed E-state index contributed by atoms with van der Waals surface area (Å²) in [6.07, 6.45) is 1.84. The van der Waals surface area contributed by atoms with E-state index in [2.05, 4.69) is 4.72 Å². The summed E-state index contributed by atoms with van der Waals surface area (Å²) in [6.45, 7) is 0.493. The molecule has 1 aliphatic heterocycles. The molecular weight excluding hydrogens is 354 g/mol. The Morgan fingerprint density at radius 1 is 1.12 bits per heavy atom. The fourth-order valence-corrected chi connectivity index (χ4v) is 5.22. The molecule has 2 atom stereocenters. The third-order valence-corrected chi connectivity index (χ3v) is 6.50. The molecule has 2 N–H and O–H groups in total. The lowest BCUT2D eigenvalue weighted by molar-refractivity contribution is -0.138. The minimum Gasteiger partial charge on any atom is -0.492 e. The molecule has 2 aromatic carbocycles. The number of carbonyl (C=O) groups is 1. The Labute approximate surface area is 151 Å². The summed E-state index contributed by atoms with van der Waals surface area (Å²) in [4.78, 5) is 11.7. The monoisotopic (exact) mass is 373 g/mol. The van der Waals surface area contributed by atoms with Gasteiger partial charge in [-0.1, -0.05) is 36.4 Å². The van der Waals surface area contributed by atoms with E-state index in [0.29, 0.717) is 23.5 Å². The second-order valence-corrected chi connectivity index (χ2v) is 8.31. The number of nitrogens with one attached hydrogen (secondary N) is 1. The van der Waals surface area contributed by atoms with E-state index in [1.165, 1.54) is 6.07 Å². The van der Waals surface area contributed by atoms with Gasteiger partial charge in [0.05, 0.1) is 12.5 Å². The lowest BCUT2D eigenvalue weighted by Gasteiger charge is -2.21. The lowest BCUT2D eigenvalue weighted by Crippen LogP contribution is -2.29. The van der Waals surface area contributed by atoms with E-state index >= 15 is 0 Å². The molecule has 2 aliphatic rings. The van der Waals surface area contributed by atoms with Gasteiger partial charge in [-0.05, 0) is 42.0 Å². The predicted molar refractivity (Wildman–Crippen MR) is 94.8 cm³/mol. The van der Waals surface area contributed by atoms with E-state index < -0.39 is 28.0 Å². The minimum atomic E-state index is -3.84. The first-order chi connectivity index (χ1) is 12.5. The molecule has 0 aromatic heterocycles. The van der Waals surface area contributed by atoms with Crippen molar-refractivity contribution in [3.05, 3.63) is 59.2 Å². The average molecular weight is 373 g/mol. The number of aryl methyl sites for hydroxylation is 1. The Morgan fingerprint density at radius 2 is 1.88 bits per heavy atom. The quantitative estimate of drug-likeness (QED) is 0.859. The number of sulfonamides is 1. The highest BCUT2D eigenvalue weighted by atomic mass is 32.2. The van der Waals surface area contributed by atoms with Gasteiger partial charge in [-0.2, -0.15) is 0 Å². The third-order valence-electron chi connectivity index (χ3n) is 5.00. The molecular formula is C19H19NO5S. The molecule has 2 aromatic rings. The second-order valence-electron chi connectivity index (χ2n) is 6.63. The Hall–Kier alpha value is -2.38. The van der Waals surface area contributed by atoms with Gasteiger partial charge in [0.1, 0.15) is 10.6 Å². The Bertz CT molecular complexity index is 970. The number of fused-ring (bicyclic) bond motifs is 2. The van der Waals surface area contributed by atoms with E-state index in [1.807, 2.05) is 6.07 Å². The first-order valence-electron chi connectivity index (χ1n) is 8.56. The molecule has 7 heteroatoms. The maximum atomic E-state index is 13.0. The van der Waals surface area contributed by atoms with Gasteiger partial charge in [0.15, 0.2) is 0 Å². The number of aliphatic carboxylic acids is 1. The highest BCUT2D eigenvalue weighted by Crippen LogP contribution is 2.41. The summed E-state index contributed by atoms with van der Waals surface area (Å²) in [5.41, 5.74) is 2.27. The van der Waals surface area contributed by atoms with Crippen LogP contribution in [0.5, 0.6) is 5.75 Å². The summed E-state index contributed by atoms with van der Waals surface area (Å²) < 4.78 is 34.3. The zero-order valence-electron chi connectivity index (χ0n) is 14.0. The number of hydrogen-bond acceptors (Lipinski definition) is 4. The molecule has 0 spiro atoms. The van der Waals surface area contributed by atoms with Crippen LogP contribution in [0, 0.1) is 0 Å². The van der Waals surface area contributed by atoms with E-state index in [4.69, 9.17) is 4.74 Å². The van der Waals surface area contributed by atoms with Crippen molar-refractivity contribution in [1.82, 2.24) is 4.72 Å². The van der Waals surface area contributed by atoms with Crippen molar-refractivity contribution < 1.29 is 23.1 Å². The fraction of sp³-hybridized carbons (Fsp3) is 0.316. The van der Waals surface area contributed by atoms with Crippen LogP contribution in [0.4, 0.5) is 0 Å². The van der Waals surface area contributed by atoms with Crippen molar-refractivity contribution in [3.63, 3.8) is 0 Å². The number of rotatable bonds is 4. The van der Waals surface area contributed by atoms with Crippen molar-refractivity contribution >= 4 is 16.0 Å². The predicted octanol–water partition coefficient (Wildman–Crippen LogP) is 2.60. The summed E-state index contributed by atoms with van der Waals surface area (Å²) in [5, 5.41) is 9.45. The van der Waals surface area contributed by atoms with Crippen LogP contribution in [0.2, 0.25) is 0 Å². The minimum absolute atomic E-state index is 0.117. The van der Waals surface area contributed by atoms with Crippen molar-refractivity contribution in [2.45, 2.75) is 36.1 Å². The number of carboxylic acid groups (broad SMARTS) is 1. The van der Waals surface area contributed by atoms with Crippen LogP contribution in [-0.2, 0) is 21.2 Å². The second kappa shape index (κ2) is 6.41. The van der Waals surface area contributed by atoms with Crippen molar-refractivity contribution in [2.24, 2.45) is 0 Å². The van der Waals surface area contributed by atoms with Gasteiger partial charge < -0.3 is 9.84 Å². The van der Waals surface area contributed by atoms with Crippen molar-refractivity contribution in [2.75, 3.05) is 6.61 Å². The zero-order valence-corrected chi connectivity index (χ0v) is 14.8. The molecule has 4 rings (SSSR count). The molecule has 1 heterocycles. The summed E-state index contributed by atoms with van der Waals surface area (Å²) in [5.74, 6) is -1.24. The highest BCUT2D eigenvalue weighted by molar-refractivity contribution is 7.89. The zero-order chi connectivity index (χ0) is 18.3. The topological polar surface area (TPSA) is 92.7 Å². The third kappa shape index (κ3) is 2.87. The van der Waals surface area contributed by atoms with Gasteiger partial charge in [-0.15, -0.1) is 0 Å². The first kappa shape index (κ1) is 17.1. The van der Waals surface area contributed by atoms with Crippen LogP contribution >= 0.6 is 0 Å². The average Bonchev–Trinajstić information content (AvgIpc) is 3.00. The van der Waals surface area contributed by atoms with E-state index in [1.54, 1.807) is 30.3 Å². The lowest BCUT2D eigenvalue weighted by atomic mass is 10.0. The Balaban J connectivity index is 1.69. The van der Waals surface area contributed by atoms with Gasteiger partial charge in [-0.3, -0.25) is 4.79 Å². The van der Waals surface area contributed by atoms with E-state index in [0.717, 1.165) is 18.4 Å². The maximum Gasteiger partial charge on any atom is 0.311 e. The van der Waals surface area contributed by atoms with Gasteiger partial charge in [0, 0.05) is 6.04 Å². The molecule has 6 nitrogen and oxygen atoms in total. The molecule has 0 saturated heterocycles. The number of ether oxygens (including phenoxy) is 1. The van der Waals surface area contributed by atoms with Crippen molar-refractivity contribution in [1.29, 1.82) is 0 Å². The SMILES string of the molecule is O=C(O)C1CC(NS(=O)(=O)c2cccc3c2OCCC3)c2ccccc21. The van der Waals surface area contributed by atoms with E-state index in [-0.39, 0.29) is 11.3 Å². The summed E-state index contributed by atoms with van der Waals surface area (Å²) >= 11 is 0. The number of para-hydroxylation sites is 1. The van der Waals surface area contributed by atoms with Crippen LogP contribution in [0.1, 0.15) is 41.5 Å². The molecule has 0 amide bonds. The van der Waals surface area contributed by atoms with Gasteiger partial charge in [-0.25, -0.2) is 13.1 Å². The Morgan fingerprint density at radius 3 is 2.65 bits per heavy atom. The fourth-order valence-electron chi connectivity index (χ4n) is 3.80. The highest BCUT2D eigenvalue weighted by Gasteiger charge is 2.38. The summed E-state index contributed by atoms with van der Waals surface area (Å²) in [6, 6.07) is 11.6. The van der Waals surface area contributed by atoms with Crippen LogP contribution in [0.3, 0.4) is 0 Å². The van der Waals surface area contributed by atoms with Gasteiger partial charge >= 0.3 is 5.97 Å². The number of hydrogen-bond donors (Lipinski definition) is 2. The van der Waals surface area contributed by atoms with Gasteiger partial charge in [0.25, 0.3) is 0 Å². The molecule has 1 aliphatic carbocycles. The molecule has 2 unspecified atom stereocenters. The van der Waals surface area contributed by atoms with Crippen LogP contribution in [0.15, 0.2) is 47.4 Å². The van der Waals surface area contributed by atoms with Crippen molar-refractivity contribution in [3.8, 4) is 5.75 Å². The molecule has 0 fully saturated rings. The summed E-state index contributed by atoms with van der Waals surface area (Å²) in [7, 11) is -3.84. The van der Waals surface area contributed by atoms with Crippen LogP contribution in [-0.4, -0.2) is 26.1 Å². The smallest absolute Gasteiger partial charge is 0.311 e. The van der Waals surface area contributed by atoms with Crippen LogP contribution < -0.4 is 9.46 Å². The normalized spacial score (nSPS) is 21.5. The maximum absolute atomic E-state index is 13.0.